The van der Waals surface area contributed by atoms with Crippen molar-refractivity contribution in [3.05, 3.63) is 41.7 Å². The molecule has 0 spiro atoms. The van der Waals surface area contributed by atoms with Crippen LogP contribution in [-0.4, -0.2) is 13.7 Å². The smallest absolute Gasteiger partial charge is 0.118 e. The second kappa shape index (κ2) is 3.62. The molecule has 0 aromatic heterocycles. The average molecular weight is 190 g/mol. The predicted octanol–water partition coefficient (Wildman–Crippen LogP) is 1.18. The second-order valence-corrected chi connectivity index (χ2v) is 3.38. The first-order valence-corrected chi connectivity index (χ1v) is 4.64. The van der Waals surface area contributed by atoms with Gasteiger partial charge in [0.2, 0.25) is 0 Å². The number of methoxy groups -OCH3 is 1. The van der Waals surface area contributed by atoms with Crippen LogP contribution in [0.3, 0.4) is 0 Å². The monoisotopic (exact) mass is 190 g/mol. The van der Waals surface area contributed by atoms with Crippen LogP contribution in [0.25, 0.3) is 0 Å². The summed E-state index contributed by atoms with van der Waals surface area (Å²) in [6, 6.07) is 8.08. The number of hydrogen-bond acceptors (Lipinski definition) is 3. The first-order valence-electron chi connectivity index (χ1n) is 4.64. The molecule has 1 aromatic rings. The average Bonchev–Trinajstić information content (AvgIpc) is 2.65. The van der Waals surface area contributed by atoms with E-state index in [4.69, 9.17) is 10.5 Å². The molecule has 1 aliphatic heterocycles. The van der Waals surface area contributed by atoms with Crippen LogP contribution in [0.15, 0.2) is 36.2 Å². The van der Waals surface area contributed by atoms with Gasteiger partial charge in [-0.1, -0.05) is 12.1 Å². The molecule has 1 aromatic carbocycles. The lowest BCUT2D eigenvalue weighted by atomic mass is 10.0. The molecule has 0 bridgehead atoms. The van der Waals surface area contributed by atoms with Crippen LogP contribution in [-0.2, 0) is 0 Å². The molecule has 3 nitrogen and oxygen atoms in total. The van der Waals surface area contributed by atoms with E-state index in [0.29, 0.717) is 5.92 Å². The third-order valence-corrected chi connectivity index (χ3v) is 2.45. The Morgan fingerprint density at radius 2 is 2.07 bits per heavy atom. The molecule has 0 fully saturated rings. The van der Waals surface area contributed by atoms with Crippen molar-refractivity contribution in [2.24, 2.45) is 5.73 Å². The van der Waals surface area contributed by atoms with Gasteiger partial charge in [0, 0.05) is 12.5 Å². The molecule has 3 heteroatoms. The lowest BCUT2D eigenvalue weighted by molar-refractivity contribution is 0.414. The molecule has 0 radical (unpaired) electrons. The summed E-state index contributed by atoms with van der Waals surface area (Å²) in [5.41, 5.74) is 6.91. The van der Waals surface area contributed by atoms with E-state index in [0.717, 1.165) is 18.1 Å². The van der Waals surface area contributed by atoms with Crippen LogP contribution in [0.1, 0.15) is 11.5 Å². The van der Waals surface area contributed by atoms with Crippen LogP contribution in [0.4, 0.5) is 0 Å². The Morgan fingerprint density at radius 1 is 1.36 bits per heavy atom. The Morgan fingerprint density at radius 3 is 2.57 bits per heavy atom. The van der Waals surface area contributed by atoms with Crippen molar-refractivity contribution >= 4 is 0 Å². The SMILES string of the molecule is COc1ccc(C2C=C(N)NC2)cc1. The lowest BCUT2D eigenvalue weighted by Gasteiger charge is -2.07. The van der Waals surface area contributed by atoms with E-state index >= 15 is 0 Å². The van der Waals surface area contributed by atoms with E-state index in [1.165, 1.54) is 5.56 Å². The molecular weight excluding hydrogens is 176 g/mol. The van der Waals surface area contributed by atoms with Gasteiger partial charge in [0.15, 0.2) is 0 Å². The summed E-state index contributed by atoms with van der Waals surface area (Å²) in [5.74, 6) is 2.04. The minimum Gasteiger partial charge on any atom is -0.497 e. The van der Waals surface area contributed by atoms with E-state index in [1.54, 1.807) is 7.11 Å². The quantitative estimate of drug-likeness (QED) is 0.736. The number of nitrogens with two attached hydrogens (primary N) is 1. The lowest BCUT2D eigenvalue weighted by Crippen LogP contribution is -2.15. The van der Waals surface area contributed by atoms with Crippen molar-refractivity contribution in [3.8, 4) is 5.75 Å². The zero-order valence-corrected chi connectivity index (χ0v) is 8.16. The number of rotatable bonds is 2. The van der Waals surface area contributed by atoms with Crippen molar-refractivity contribution in [2.45, 2.75) is 5.92 Å². The molecule has 2 rings (SSSR count). The third kappa shape index (κ3) is 1.66. The zero-order chi connectivity index (χ0) is 9.97. The summed E-state index contributed by atoms with van der Waals surface area (Å²) in [7, 11) is 1.67. The van der Waals surface area contributed by atoms with Crippen molar-refractivity contribution < 1.29 is 4.74 Å². The van der Waals surface area contributed by atoms with Gasteiger partial charge in [-0.2, -0.15) is 0 Å². The minimum atomic E-state index is 0.390. The van der Waals surface area contributed by atoms with Gasteiger partial charge in [-0.15, -0.1) is 0 Å². The summed E-state index contributed by atoms with van der Waals surface area (Å²) >= 11 is 0. The summed E-state index contributed by atoms with van der Waals surface area (Å²) < 4.78 is 5.10. The van der Waals surface area contributed by atoms with E-state index in [9.17, 15) is 0 Å². The first-order chi connectivity index (χ1) is 6.79. The van der Waals surface area contributed by atoms with Crippen molar-refractivity contribution in [2.75, 3.05) is 13.7 Å². The molecule has 1 aliphatic rings. The molecule has 3 N–H and O–H groups in total. The highest BCUT2D eigenvalue weighted by Crippen LogP contribution is 2.23. The number of hydrogen-bond donors (Lipinski definition) is 2. The Hall–Kier alpha value is -1.64. The minimum absolute atomic E-state index is 0.390. The van der Waals surface area contributed by atoms with Crippen molar-refractivity contribution in [1.82, 2.24) is 5.32 Å². The highest BCUT2D eigenvalue weighted by Gasteiger charge is 2.14. The van der Waals surface area contributed by atoms with Gasteiger partial charge in [-0.05, 0) is 23.8 Å². The fourth-order valence-corrected chi connectivity index (χ4v) is 1.63. The maximum absolute atomic E-state index is 5.64. The van der Waals surface area contributed by atoms with Gasteiger partial charge in [-0.25, -0.2) is 0 Å². The predicted molar refractivity (Wildman–Crippen MR) is 56.0 cm³/mol. The number of nitrogens with one attached hydrogen (secondary N) is 1. The highest BCUT2D eigenvalue weighted by atomic mass is 16.5. The molecule has 0 aliphatic carbocycles. The Labute approximate surface area is 83.6 Å². The summed E-state index contributed by atoms with van der Waals surface area (Å²) in [5, 5.41) is 3.10. The molecule has 0 amide bonds. The normalized spacial score (nSPS) is 20.1. The van der Waals surface area contributed by atoms with Gasteiger partial charge in [0.25, 0.3) is 0 Å². The van der Waals surface area contributed by atoms with Gasteiger partial charge in [0.05, 0.1) is 12.9 Å². The van der Waals surface area contributed by atoms with E-state index in [1.807, 2.05) is 18.2 Å². The van der Waals surface area contributed by atoms with E-state index in [2.05, 4.69) is 17.4 Å². The molecular formula is C11H14N2O. The van der Waals surface area contributed by atoms with Crippen LogP contribution >= 0.6 is 0 Å². The fraction of sp³-hybridized carbons (Fsp3) is 0.273. The molecule has 0 saturated carbocycles. The zero-order valence-electron chi connectivity index (χ0n) is 8.16. The van der Waals surface area contributed by atoms with Crippen molar-refractivity contribution in [3.63, 3.8) is 0 Å². The van der Waals surface area contributed by atoms with E-state index in [-0.39, 0.29) is 0 Å². The van der Waals surface area contributed by atoms with Crippen LogP contribution in [0, 0.1) is 0 Å². The van der Waals surface area contributed by atoms with Gasteiger partial charge in [-0.3, -0.25) is 0 Å². The Kier molecular flexibility index (Phi) is 2.31. The van der Waals surface area contributed by atoms with Crippen LogP contribution in [0.2, 0.25) is 0 Å². The standard InChI is InChI=1S/C11H14N2O/c1-14-10-4-2-8(3-5-10)9-6-11(12)13-7-9/h2-6,9,13H,7,12H2,1H3. The van der Waals surface area contributed by atoms with Crippen LogP contribution in [0.5, 0.6) is 5.75 Å². The Bertz CT molecular complexity index is 343. The maximum Gasteiger partial charge on any atom is 0.118 e. The molecule has 74 valence electrons. The highest BCUT2D eigenvalue weighted by molar-refractivity contribution is 5.33. The molecule has 1 unspecified atom stereocenters. The summed E-state index contributed by atoms with van der Waals surface area (Å²) in [6.45, 7) is 0.887. The van der Waals surface area contributed by atoms with E-state index < -0.39 is 0 Å². The largest absolute Gasteiger partial charge is 0.497 e. The van der Waals surface area contributed by atoms with Gasteiger partial charge >= 0.3 is 0 Å². The van der Waals surface area contributed by atoms with Crippen molar-refractivity contribution in [1.29, 1.82) is 0 Å². The number of ether oxygens (including phenoxy) is 1. The third-order valence-electron chi connectivity index (χ3n) is 2.45. The topological polar surface area (TPSA) is 47.3 Å². The second-order valence-electron chi connectivity index (χ2n) is 3.38. The maximum atomic E-state index is 5.64. The molecule has 1 atom stereocenters. The Balaban J connectivity index is 2.17. The molecule has 1 heterocycles. The van der Waals surface area contributed by atoms with Gasteiger partial charge in [0.1, 0.15) is 5.75 Å². The number of benzene rings is 1. The van der Waals surface area contributed by atoms with Crippen LogP contribution < -0.4 is 15.8 Å². The molecule has 0 saturated heterocycles. The van der Waals surface area contributed by atoms with Gasteiger partial charge < -0.3 is 15.8 Å². The summed E-state index contributed by atoms with van der Waals surface area (Å²) in [4.78, 5) is 0. The first kappa shape index (κ1) is 8.94. The fourth-order valence-electron chi connectivity index (χ4n) is 1.63. The molecule has 14 heavy (non-hydrogen) atoms. The summed E-state index contributed by atoms with van der Waals surface area (Å²) in [6.07, 6.45) is 2.04.